The Hall–Kier alpha value is -8.27. The largest absolute Gasteiger partial charge is 0.394 e. The van der Waals surface area contributed by atoms with Gasteiger partial charge < -0.3 is 86.6 Å². The summed E-state index contributed by atoms with van der Waals surface area (Å²) < 4.78 is 19.6. The number of aliphatic hydroxyl groups is 9. The number of fused-ring (bicyclic) bond motifs is 3. The molecule has 0 aromatic carbocycles. The van der Waals surface area contributed by atoms with Gasteiger partial charge in [0.25, 0.3) is 22.2 Å². The zero-order chi connectivity index (χ0) is 53.5. The van der Waals surface area contributed by atoms with E-state index in [2.05, 4.69) is 54.8 Å². The van der Waals surface area contributed by atoms with Gasteiger partial charge >= 0.3 is 11.4 Å². The van der Waals surface area contributed by atoms with Crippen molar-refractivity contribution in [2.75, 3.05) is 31.3 Å². The third-order valence-electron chi connectivity index (χ3n) is 11.0. The highest BCUT2D eigenvalue weighted by Crippen LogP contribution is 2.33. The summed E-state index contributed by atoms with van der Waals surface area (Å²) in [4.78, 5) is 106. The minimum atomic E-state index is -1.35. The molecule has 8 aromatic rings. The summed E-state index contributed by atoms with van der Waals surface area (Å²) in [7, 11) is 0. The van der Waals surface area contributed by atoms with Crippen molar-refractivity contribution in [1.29, 1.82) is 0 Å². The van der Waals surface area contributed by atoms with Crippen LogP contribution in [0.4, 0.5) is 11.8 Å². The molecule has 0 saturated carbocycles. The zero-order valence-electron chi connectivity index (χ0n) is 37.6. The first kappa shape index (κ1) is 53.5. The fourth-order valence-electron chi connectivity index (χ4n) is 7.30. The number of nitrogens with two attached hydrogens (primary N) is 2. The summed E-state index contributed by atoms with van der Waals surface area (Å²) in [5.41, 5.74) is 10.1. The fraction of sp³-hybridized carbons (Fsp3) is 0.395. The highest BCUT2D eigenvalue weighted by atomic mass is 16.6. The molecule has 0 unspecified atom stereocenters. The highest BCUT2D eigenvalue weighted by Gasteiger charge is 2.46. The van der Waals surface area contributed by atoms with Crippen molar-refractivity contribution in [2.45, 2.75) is 73.6 Å². The first-order chi connectivity index (χ1) is 35.4. The van der Waals surface area contributed by atoms with E-state index in [1.54, 1.807) is 0 Å². The number of aliphatic hydroxyl groups excluding tert-OH is 9. The van der Waals surface area contributed by atoms with E-state index in [0.717, 1.165) is 16.8 Å². The number of aromatic amines is 6. The van der Waals surface area contributed by atoms with Crippen molar-refractivity contribution in [3.05, 3.63) is 119 Å². The average molecular weight is 1040 g/mol. The minimum Gasteiger partial charge on any atom is -0.394 e. The van der Waals surface area contributed by atoms with E-state index in [0.29, 0.717) is 22.3 Å². The lowest BCUT2D eigenvalue weighted by Crippen LogP contribution is -2.37. The number of nitrogens with one attached hydrogen (secondary N) is 6. The summed E-state index contributed by atoms with van der Waals surface area (Å²) in [6.45, 7) is -1.32. The highest BCUT2D eigenvalue weighted by molar-refractivity contribution is 5.81. The topological polar surface area (TPSA) is 564 Å². The molecule has 19 N–H and O–H groups in total. The van der Waals surface area contributed by atoms with Crippen LogP contribution in [0.25, 0.3) is 33.5 Å². The van der Waals surface area contributed by atoms with Crippen molar-refractivity contribution in [1.82, 2.24) is 78.5 Å². The number of nitrogen functional groups attached to an aromatic ring is 2. The Labute approximate surface area is 406 Å². The van der Waals surface area contributed by atoms with Crippen LogP contribution in [0.1, 0.15) is 18.7 Å². The molecule has 8 aromatic heterocycles. The monoisotopic (exact) mass is 1040 g/mol. The Morgan fingerprint density at radius 1 is 0.554 bits per heavy atom. The van der Waals surface area contributed by atoms with E-state index in [4.69, 9.17) is 41.0 Å². The fourth-order valence-corrected chi connectivity index (χ4v) is 7.30. The molecule has 0 amide bonds. The van der Waals surface area contributed by atoms with Gasteiger partial charge in [-0.15, -0.1) is 0 Å². The molecule has 396 valence electrons. The molecule has 3 aliphatic heterocycles. The summed E-state index contributed by atoms with van der Waals surface area (Å²) in [6, 6.07) is 2.33. The molecule has 0 spiro atoms. The van der Waals surface area contributed by atoms with Crippen LogP contribution in [0.2, 0.25) is 0 Å². The van der Waals surface area contributed by atoms with Gasteiger partial charge in [-0.3, -0.25) is 47.8 Å². The van der Waals surface area contributed by atoms with Gasteiger partial charge in [0.2, 0.25) is 5.95 Å². The summed E-state index contributed by atoms with van der Waals surface area (Å²) in [6.07, 6.45) is -4.16. The SMILES string of the molecule is Nc1nc2c(ncn2[C@@H]2O[C@H](CO)[C@@H](O)[C@H]2O)c(=O)[nH]1.Nc1ncnc2c1ncn2[C@@H]1O[C@H](CO)[C@@H](O)[C@H]1O.O=c1[nH]cnc2nc[nH]c12.O=c1cc[nH]c(=O)[nH]1.O=c1ccn([C@@H]2O[C@H](CO)[C@@H](O)[C@H]2O)c(=O)[nH]1. The van der Waals surface area contributed by atoms with Crippen molar-refractivity contribution in [3.63, 3.8) is 0 Å². The predicted octanol–water partition coefficient (Wildman–Crippen LogP) is -8.81. The lowest BCUT2D eigenvalue weighted by atomic mass is 10.1. The minimum absolute atomic E-state index is 0.0388. The maximum atomic E-state index is 11.7. The molecule has 0 bridgehead atoms. The maximum absolute atomic E-state index is 11.7. The van der Waals surface area contributed by atoms with Gasteiger partial charge in [-0.1, -0.05) is 0 Å². The summed E-state index contributed by atoms with van der Waals surface area (Å²) in [5.74, 6) is 0.117. The number of hydrogen-bond acceptors (Lipinski definition) is 27. The lowest BCUT2D eigenvalue weighted by molar-refractivity contribution is -0.0550. The van der Waals surface area contributed by atoms with Gasteiger partial charge in [-0.25, -0.2) is 39.5 Å². The number of H-pyrrole nitrogens is 6. The molecular weight excluding hydrogens is 997 g/mol. The average Bonchev–Trinajstić information content (AvgIpc) is 4.25. The molecule has 36 heteroatoms. The molecule has 0 radical (unpaired) electrons. The van der Waals surface area contributed by atoms with Gasteiger partial charge in [0.1, 0.15) is 66.8 Å². The van der Waals surface area contributed by atoms with Crippen LogP contribution in [0, 0.1) is 0 Å². The second kappa shape index (κ2) is 23.1. The van der Waals surface area contributed by atoms with Gasteiger partial charge in [-0.05, 0) is 0 Å². The number of aromatic nitrogens is 16. The third-order valence-corrected chi connectivity index (χ3v) is 11.0. The summed E-state index contributed by atoms with van der Waals surface area (Å²) >= 11 is 0. The summed E-state index contributed by atoms with van der Waals surface area (Å²) in [5, 5.41) is 85.5. The number of nitrogens with zero attached hydrogens (tertiary/aromatic N) is 10. The van der Waals surface area contributed by atoms with E-state index in [1.165, 1.54) is 53.0 Å². The number of ether oxygens (including phenoxy) is 3. The van der Waals surface area contributed by atoms with E-state index in [1.807, 2.05) is 9.97 Å². The van der Waals surface area contributed by atoms with Gasteiger partial charge in [0.15, 0.2) is 52.5 Å². The van der Waals surface area contributed by atoms with Gasteiger partial charge in [0.05, 0.1) is 45.1 Å². The van der Waals surface area contributed by atoms with Crippen molar-refractivity contribution in [3.8, 4) is 0 Å². The normalized spacial score (nSPS) is 26.1. The van der Waals surface area contributed by atoms with E-state index in [9.17, 15) is 59.4 Å². The maximum Gasteiger partial charge on any atom is 0.330 e. The molecule has 11 rings (SSSR count). The Kier molecular flexibility index (Phi) is 16.7. The van der Waals surface area contributed by atoms with Crippen molar-refractivity contribution in [2.24, 2.45) is 0 Å². The predicted molar refractivity (Wildman–Crippen MR) is 245 cm³/mol. The lowest BCUT2D eigenvalue weighted by Gasteiger charge is -2.16. The van der Waals surface area contributed by atoms with Crippen LogP contribution in [0.5, 0.6) is 0 Å². The second-order valence-electron chi connectivity index (χ2n) is 15.7. The van der Waals surface area contributed by atoms with Crippen LogP contribution in [0.15, 0.2) is 84.9 Å². The molecule has 36 nitrogen and oxygen atoms in total. The Balaban J connectivity index is 0.000000140. The molecular formula is C38H46N18O18. The number of hydrogen-bond donors (Lipinski definition) is 17. The number of anilines is 2. The third kappa shape index (κ3) is 11.3. The van der Waals surface area contributed by atoms with Crippen LogP contribution in [-0.4, -0.2) is 199 Å². The van der Waals surface area contributed by atoms with E-state index in [-0.39, 0.29) is 34.0 Å². The smallest absolute Gasteiger partial charge is 0.330 e. The van der Waals surface area contributed by atoms with Crippen LogP contribution >= 0.6 is 0 Å². The quantitative estimate of drug-likeness (QED) is 0.0735. The Bertz CT molecular complexity index is 3510. The van der Waals surface area contributed by atoms with Crippen LogP contribution in [0.3, 0.4) is 0 Å². The Morgan fingerprint density at radius 3 is 1.58 bits per heavy atom. The first-order valence-electron chi connectivity index (χ1n) is 21.4. The second-order valence-corrected chi connectivity index (χ2v) is 15.7. The van der Waals surface area contributed by atoms with Gasteiger partial charge in [-0.2, -0.15) is 4.98 Å². The molecule has 3 saturated heterocycles. The number of imidazole rings is 3. The Morgan fingerprint density at radius 2 is 1.08 bits per heavy atom. The first-order valence-corrected chi connectivity index (χ1v) is 21.4. The van der Waals surface area contributed by atoms with E-state index < -0.39 is 116 Å². The van der Waals surface area contributed by atoms with Crippen LogP contribution < -0.4 is 45.1 Å². The van der Waals surface area contributed by atoms with Crippen molar-refractivity contribution >= 4 is 45.3 Å². The molecule has 3 aliphatic rings. The molecule has 12 atom stereocenters. The molecule has 0 aliphatic carbocycles. The zero-order valence-corrected chi connectivity index (χ0v) is 37.6. The molecule has 74 heavy (non-hydrogen) atoms. The van der Waals surface area contributed by atoms with E-state index >= 15 is 0 Å². The van der Waals surface area contributed by atoms with Crippen LogP contribution in [-0.2, 0) is 14.2 Å². The molecule has 3 fully saturated rings. The number of rotatable bonds is 6. The standard InChI is InChI=1S/C10H13N5O5.C10H13N5O4.C9H12N2O6.C5H4N4O.C4H4N2O2/c11-10-13-7-4(8(19)14-10)12-2-15(7)9-6(18)5(17)3(1-16)20-9;11-8-5-9(13-2-12-8)15(3-14-5)10-7(18)6(17)4(1-16)19-10;12-3-4-6(14)7(15)8(17-4)11-2-1-5(13)10-9(11)16;10-5-3-4(7-1-6-3)8-2-9-5;7-3-1-2-5-4(8)6-3/h2-3,5-6,9,16-18H,1H2,(H3,11,13,14,19);2-4,6-7,10,16-18H,1H2,(H2,11,12,13);1-2,4,6-8,12,14-15H,3H2,(H,10,13,16);1-2H,(H2,6,7,8,9,10);1-2H,(H2,5,6,7,8)/t3-,5-,6-,9-;4-,6-,7-,10-;4-,6-,7-,8-;;/m111../s1. The molecule has 11 heterocycles. The van der Waals surface area contributed by atoms with Crippen molar-refractivity contribution < 1.29 is 60.2 Å². The van der Waals surface area contributed by atoms with Gasteiger partial charge in [0, 0.05) is 24.5 Å².